The van der Waals surface area contributed by atoms with Crippen molar-refractivity contribution in [3.05, 3.63) is 58.9 Å². The third-order valence-corrected chi connectivity index (χ3v) is 4.44. The van der Waals surface area contributed by atoms with Crippen molar-refractivity contribution in [2.45, 2.75) is 52.0 Å². The first-order valence-corrected chi connectivity index (χ1v) is 9.54. The first kappa shape index (κ1) is 13.2. The molecule has 6 nitrogen and oxygen atoms in total. The van der Waals surface area contributed by atoms with Gasteiger partial charge in [0.25, 0.3) is 5.89 Å². The topological polar surface area (TPSA) is 64.5 Å². The van der Waals surface area contributed by atoms with Crippen molar-refractivity contribution in [2.24, 2.45) is 0 Å². The van der Waals surface area contributed by atoms with Crippen LogP contribution in [0.1, 0.15) is 60.3 Å². The second kappa shape index (κ2) is 8.68. The van der Waals surface area contributed by atoms with Crippen LogP contribution in [0.25, 0.3) is 27.7 Å². The van der Waals surface area contributed by atoms with Gasteiger partial charge >= 0.3 is 0 Å². The average molecular weight is 410 g/mol. The number of nitrogens with one attached hydrogen (secondary N) is 1. The molecule has 2 aromatic carbocycles. The van der Waals surface area contributed by atoms with Crippen LogP contribution in [0.3, 0.4) is 0 Å². The molecule has 0 bridgehead atoms. The van der Waals surface area contributed by atoms with E-state index in [0.29, 0.717) is 11.3 Å². The predicted octanol–water partition coefficient (Wildman–Crippen LogP) is 5.73. The number of benzene rings is 2. The lowest BCUT2D eigenvalue weighted by Gasteiger charge is -2.13. The molecule has 1 atom stereocenters. The molecule has 3 aromatic rings. The number of fused-ring (bicyclic) bond motifs is 1. The standard InChI is InChI=1S/C24H26N4O2/c1-5-13-26-20-11-10-17-18(20)7-6-8-19(17)23-27-24(30-28-23)16-9-12-22(29-15(2)3)21(14-16)25-4/h6-9,12,14-15,20,26H,5,10-11,13H2,1-3H3/t20-/m0/s1/i5D2,10D2,11D2,20D. The van der Waals surface area contributed by atoms with Crippen molar-refractivity contribution in [1.29, 1.82) is 0 Å². The molecule has 0 saturated carbocycles. The van der Waals surface area contributed by atoms with Gasteiger partial charge in [0.15, 0.2) is 0 Å². The Bertz CT molecular complexity index is 1380. The number of aromatic nitrogens is 2. The Labute approximate surface area is 186 Å². The SMILES string of the molecule is [2H]C([2H])(C)CN[C@]1([2H])c2cccc(-c3noc(-c4ccc(OC(C)C)c([N+]#[C-])c4)n3)c2C([2H])([2H])C1([2H])[2H]. The molecule has 6 heteroatoms. The van der Waals surface area contributed by atoms with Crippen molar-refractivity contribution in [2.75, 3.05) is 6.54 Å². The van der Waals surface area contributed by atoms with Crippen molar-refractivity contribution >= 4 is 5.69 Å². The molecule has 1 aromatic heterocycles. The zero-order chi connectivity index (χ0) is 27.4. The fraction of sp³-hybridized carbons (Fsp3) is 0.375. The fourth-order valence-electron chi connectivity index (χ4n) is 3.13. The predicted molar refractivity (Wildman–Crippen MR) is 117 cm³/mol. The fourth-order valence-corrected chi connectivity index (χ4v) is 3.13. The average Bonchev–Trinajstić information content (AvgIpc) is 3.35. The summed E-state index contributed by atoms with van der Waals surface area (Å²) in [5.41, 5.74) is 0.794. The summed E-state index contributed by atoms with van der Waals surface area (Å²) in [7, 11) is 0. The van der Waals surface area contributed by atoms with Crippen LogP contribution in [0.15, 0.2) is 40.9 Å². The molecular weight excluding hydrogens is 376 g/mol. The molecule has 154 valence electrons. The summed E-state index contributed by atoms with van der Waals surface area (Å²) in [5.74, 6) is 0.485. The Kier molecular flexibility index (Phi) is 3.82. The number of rotatable bonds is 7. The smallest absolute Gasteiger partial charge is 0.256 e. The first-order valence-electron chi connectivity index (χ1n) is 13.0. The van der Waals surface area contributed by atoms with Gasteiger partial charge in [-0.05, 0) is 68.8 Å². The number of nitrogens with zero attached hydrogens (tertiary/aromatic N) is 3. The van der Waals surface area contributed by atoms with Crippen molar-refractivity contribution in [1.82, 2.24) is 15.5 Å². The molecule has 30 heavy (non-hydrogen) atoms. The molecule has 0 fully saturated rings. The van der Waals surface area contributed by atoms with Crippen molar-refractivity contribution in [3.8, 4) is 28.6 Å². The third-order valence-electron chi connectivity index (χ3n) is 4.44. The van der Waals surface area contributed by atoms with Gasteiger partial charge in [0.2, 0.25) is 11.5 Å². The van der Waals surface area contributed by atoms with E-state index >= 15 is 0 Å². The van der Waals surface area contributed by atoms with Gasteiger partial charge in [-0.3, -0.25) is 0 Å². The summed E-state index contributed by atoms with van der Waals surface area (Å²) in [4.78, 5) is 7.89. The van der Waals surface area contributed by atoms with E-state index in [0.717, 1.165) is 0 Å². The Morgan fingerprint density at radius 1 is 1.43 bits per heavy atom. The largest absolute Gasteiger partial charge is 0.502 e. The maximum absolute atomic E-state index is 8.92. The van der Waals surface area contributed by atoms with E-state index in [9.17, 15) is 0 Å². The molecule has 0 spiro atoms. The van der Waals surface area contributed by atoms with Crippen molar-refractivity contribution < 1.29 is 18.9 Å². The molecule has 1 heterocycles. The highest BCUT2D eigenvalue weighted by atomic mass is 16.5. The van der Waals surface area contributed by atoms with E-state index in [4.69, 9.17) is 25.4 Å². The molecule has 1 aliphatic rings. The highest BCUT2D eigenvalue weighted by Gasteiger charge is 2.26. The van der Waals surface area contributed by atoms with E-state index in [1.54, 1.807) is 24.3 Å². The number of hydrogen-bond donors (Lipinski definition) is 1. The van der Waals surface area contributed by atoms with Crippen molar-refractivity contribution in [3.63, 3.8) is 0 Å². The Morgan fingerprint density at radius 2 is 2.30 bits per heavy atom. The number of ether oxygens (including phenoxy) is 1. The molecule has 0 saturated heterocycles. The summed E-state index contributed by atoms with van der Waals surface area (Å²) in [5, 5.41) is 6.60. The van der Waals surface area contributed by atoms with Crippen LogP contribution in [-0.2, 0) is 6.37 Å². The lowest BCUT2D eigenvalue weighted by Crippen LogP contribution is -2.19. The van der Waals surface area contributed by atoms with Crippen LogP contribution in [-0.4, -0.2) is 22.8 Å². The highest BCUT2D eigenvalue weighted by molar-refractivity contribution is 5.70. The second-order valence-corrected chi connectivity index (χ2v) is 6.94. The van der Waals surface area contributed by atoms with Crippen LogP contribution in [0, 0.1) is 6.57 Å². The van der Waals surface area contributed by atoms with Gasteiger partial charge in [0.05, 0.1) is 14.0 Å². The molecule has 1 N–H and O–H groups in total. The summed E-state index contributed by atoms with van der Waals surface area (Å²) in [6, 6.07) is 7.09. The van der Waals surface area contributed by atoms with Crippen LogP contribution >= 0.6 is 0 Å². The van der Waals surface area contributed by atoms with Gasteiger partial charge in [-0.1, -0.05) is 30.3 Å². The lowest BCUT2D eigenvalue weighted by molar-refractivity contribution is 0.244. The lowest BCUT2D eigenvalue weighted by atomic mass is 10.0. The minimum absolute atomic E-state index is 0.00605. The van der Waals surface area contributed by atoms with Gasteiger partial charge in [-0.15, -0.1) is 0 Å². The van der Waals surface area contributed by atoms with Crippen LogP contribution in [0.4, 0.5) is 5.69 Å². The Morgan fingerprint density at radius 3 is 3.07 bits per heavy atom. The maximum atomic E-state index is 8.92. The molecular formula is C24H26N4O2. The van der Waals surface area contributed by atoms with Gasteiger partial charge in [-0.2, -0.15) is 4.98 Å². The summed E-state index contributed by atoms with van der Waals surface area (Å²) in [6.07, 6.45) is -7.26. The van der Waals surface area contributed by atoms with E-state index in [-0.39, 0.29) is 46.7 Å². The second-order valence-electron chi connectivity index (χ2n) is 6.94. The van der Waals surface area contributed by atoms with Crippen LogP contribution in [0.5, 0.6) is 5.75 Å². The molecule has 0 radical (unpaired) electrons. The van der Waals surface area contributed by atoms with E-state index < -0.39 is 25.1 Å². The first-order chi connectivity index (χ1) is 17.1. The van der Waals surface area contributed by atoms with Crippen LogP contribution in [0.2, 0.25) is 0 Å². The van der Waals surface area contributed by atoms with Gasteiger partial charge in [0.1, 0.15) is 5.75 Å². The van der Waals surface area contributed by atoms with Gasteiger partial charge < -0.3 is 14.6 Å². The molecule has 1 aliphatic carbocycles. The number of hydrogen-bond acceptors (Lipinski definition) is 5. The minimum atomic E-state index is -2.76. The minimum Gasteiger partial charge on any atom is -0.502 e. The van der Waals surface area contributed by atoms with E-state index in [2.05, 4.69) is 20.3 Å². The molecule has 0 amide bonds. The summed E-state index contributed by atoms with van der Waals surface area (Å²) in [6.45, 7) is 12.1. The Hall–Kier alpha value is -3.17. The molecule has 4 rings (SSSR count). The highest BCUT2D eigenvalue weighted by Crippen LogP contribution is 2.38. The van der Waals surface area contributed by atoms with Gasteiger partial charge in [-0.25, -0.2) is 4.85 Å². The molecule has 0 aliphatic heterocycles. The third kappa shape index (κ3) is 3.94. The quantitative estimate of drug-likeness (QED) is 0.505. The van der Waals surface area contributed by atoms with E-state index in [1.165, 1.54) is 19.1 Å². The summed E-state index contributed by atoms with van der Waals surface area (Å²) < 4.78 is 70.0. The Balaban J connectivity index is 1.79. The maximum Gasteiger partial charge on any atom is 0.256 e. The van der Waals surface area contributed by atoms with Crippen LogP contribution < -0.4 is 10.1 Å². The normalized spacial score (nSPS) is 25.0. The summed E-state index contributed by atoms with van der Waals surface area (Å²) >= 11 is 0. The zero-order valence-electron chi connectivity index (χ0n) is 23.9. The van der Waals surface area contributed by atoms with Gasteiger partial charge in [0, 0.05) is 25.4 Å². The van der Waals surface area contributed by atoms with E-state index in [1.807, 2.05) is 13.8 Å². The monoisotopic (exact) mass is 409 g/mol. The molecule has 0 unspecified atom stereocenters. The zero-order valence-corrected chi connectivity index (χ0v) is 16.9.